The molecule has 0 saturated carbocycles. The molecule has 2 heterocycles. The Morgan fingerprint density at radius 3 is 2.54 bits per heavy atom. The number of sulfonamides is 1. The van der Waals surface area contributed by atoms with Crippen molar-refractivity contribution in [2.45, 2.75) is 29.6 Å². The van der Waals surface area contributed by atoms with Gasteiger partial charge in [0.05, 0.1) is 30.5 Å². The van der Waals surface area contributed by atoms with Crippen molar-refractivity contribution in [3.8, 4) is 11.5 Å². The van der Waals surface area contributed by atoms with Gasteiger partial charge in [-0.2, -0.15) is 4.31 Å². The monoisotopic (exact) mass is 519 g/mol. The lowest BCUT2D eigenvalue weighted by molar-refractivity contribution is -0.123. The molecule has 0 aromatic heterocycles. The Bertz CT molecular complexity index is 1230. The zero-order valence-corrected chi connectivity index (χ0v) is 21.6. The molecule has 2 aliphatic rings. The van der Waals surface area contributed by atoms with Crippen LogP contribution in [0.1, 0.15) is 19.8 Å². The molecular formula is C24H29N3O6S2. The van der Waals surface area contributed by atoms with E-state index in [1.807, 2.05) is 0 Å². The first kappa shape index (κ1) is 25.3. The maximum Gasteiger partial charge on any atom is 0.244 e. The highest BCUT2D eigenvalue weighted by Gasteiger charge is 2.33. The van der Waals surface area contributed by atoms with E-state index in [9.17, 15) is 18.0 Å². The molecule has 1 atom stereocenters. The summed E-state index contributed by atoms with van der Waals surface area (Å²) in [5.74, 6) is 0.503. The summed E-state index contributed by atoms with van der Waals surface area (Å²) in [6.45, 7) is 2.50. The van der Waals surface area contributed by atoms with E-state index >= 15 is 0 Å². The van der Waals surface area contributed by atoms with Gasteiger partial charge in [0, 0.05) is 35.7 Å². The van der Waals surface area contributed by atoms with E-state index in [2.05, 4.69) is 5.32 Å². The lowest BCUT2D eigenvalue weighted by Crippen LogP contribution is -2.41. The molecule has 2 aliphatic heterocycles. The van der Waals surface area contributed by atoms with Crippen LogP contribution in [0, 0.1) is 5.92 Å². The van der Waals surface area contributed by atoms with Gasteiger partial charge < -0.3 is 19.7 Å². The summed E-state index contributed by atoms with van der Waals surface area (Å²) in [6, 6.07) is 9.85. The second-order valence-electron chi connectivity index (χ2n) is 8.49. The number of rotatable bonds is 7. The number of carbonyl (C=O) groups excluding carboxylic acids is 2. The normalized spacial score (nSPS) is 18.7. The van der Waals surface area contributed by atoms with Gasteiger partial charge in [-0.05, 0) is 43.2 Å². The number of anilines is 2. The van der Waals surface area contributed by atoms with Crippen LogP contribution in [0.15, 0.2) is 46.2 Å². The number of carbonyl (C=O) groups is 2. The van der Waals surface area contributed by atoms with Crippen LogP contribution in [-0.4, -0.2) is 64.1 Å². The highest BCUT2D eigenvalue weighted by molar-refractivity contribution is 7.99. The highest BCUT2D eigenvalue weighted by atomic mass is 32.2. The SMILES string of the molecule is COc1ccc(OC)c(NC(=O)CN2C(=O)C(C)CSc3ccc(S(=O)(=O)N4CCCC4)cc32)c1. The Hall–Kier alpha value is -2.76. The molecule has 11 heteroatoms. The topological polar surface area (TPSA) is 105 Å². The zero-order valence-electron chi connectivity index (χ0n) is 19.9. The third-order valence-electron chi connectivity index (χ3n) is 6.08. The first-order valence-electron chi connectivity index (χ1n) is 11.3. The Balaban J connectivity index is 1.65. The van der Waals surface area contributed by atoms with Gasteiger partial charge in [-0.3, -0.25) is 9.59 Å². The van der Waals surface area contributed by atoms with Crippen LogP contribution in [0.5, 0.6) is 11.5 Å². The molecule has 1 fully saturated rings. The Morgan fingerprint density at radius 1 is 1.11 bits per heavy atom. The van der Waals surface area contributed by atoms with Gasteiger partial charge in [0.15, 0.2) is 0 Å². The number of thioether (sulfide) groups is 1. The summed E-state index contributed by atoms with van der Waals surface area (Å²) in [5, 5.41) is 2.79. The van der Waals surface area contributed by atoms with Crippen LogP contribution in [0.3, 0.4) is 0 Å². The van der Waals surface area contributed by atoms with Crippen LogP contribution in [0.25, 0.3) is 0 Å². The first-order valence-corrected chi connectivity index (χ1v) is 13.8. The van der Waals surface area contributed by atoms with Crippen LogP contribution >= 0.6 is 11.8 Å². The van der Waals surface area contributed by atoms with E-state index in [0.717, 1.165) is 17.7 Å². The molecule has 188 valence electrons. The van der Waals surface area contributed by atoms with E-state index in [0.29, 0.717) is 41.7 Å². The quantitative estimate of drug-likeness (QED) is 0.599. The molecule has 1 saturated heterocycles. The summed E-state index contributed by atoms with van der Waals surface area (Å²) in [6.07, 6.45) is 1.66. The van der Waals surface area contributed by atoms with Crippen LogP contribution in [0.2, 0.25) is 0 Å². The predicted octanol–water partition coefficient (Wildman–Crippen LogP) is 3.20. The van der Waals surface area contributed by atoms with Gasteiger partial charge in [0.1, 0.15) is 18.0 Å². The number of methoxy groups -OCH3 is 2. The van der Waals surface area contributed by atoms with Gasteiger partial charge in [-0.1, -0.05) is 6.92 Å². The van der Waals surface area contributed by atoms with Crippen molar-refractivity contribution in [1.82, 2.24) is 4.31 Å². The average Bonchev–Trinajstić information content (AvgIpc) is 3.38. The molecule has 4 rings (SSSR count). The van der Waals surface area contributed by atoms with Gasteiger partial charge in [-0.15, -0.1) is 11.8 Å². The molecule has 1 N–H and O–H groups in total. The molecule has 0 aliphatic carbocycles. The first-order chi connectivity index (χ1) is 16.7. The van der Waals surface area contributed by atoms with Gasteiger partial charge in [-0.25, -0.2) is 8.42 Å². The fourth-order valence-corrected chi connectivity index (χ4v) is 6.74. The average molecular weight is 520 g/mol. The summed E-state index contributed by atoms with van der Waals surface area (Å²) in [7, 11) is -0.663. The summed E-state index contributed by atoms with van der Waals surface area (Å²) in [5.41, 5.74) is 0.838. The minimum Gasteiger partial charge on any atom is -0.497 e. The van der Waals surface area contributed by atoms with Gasteiger partial charge >= 0.3 is 0 Å². The molecule has 0 spiro atoms. The number of amides is 2. The van der Waals surface area contributed by atoms with Crippen molar-refractivity contribution in [3.63, 3.8) is 0 Å². The van der Waals surface area contributed by atoms with Crippen molar-refractivity contribution in [2.75, 3.05) is 49.8 Å². The molecule has 2 amide bonds. The van der Waals surface area contributed by atoms with Crippen LogP contribution in [-0.2, 0) is 19.6 Å². The second-order valence-corrected chi connectivity index (χ2v) is 11.5. The number of hydrogen-bond acceptors (Lipinski definition) is 7. The van der Waals surface area contributed by atoms with Crippen molar-refractivity contribution in [3.05, 3.63) is 36.4 Å². The van der Waals surface area contributed by atoms with E-state index in [1.165, 1.54) is 41.3 Å². The van der Waals surface area contributed by atoms with Crippen molar-refractivity contribution in [2.24, 2.45) is 5.92 Å². The van der Waals surface area contributed by atoms with Crippen molar-refractivity contribution >= 4 is 45.0 Å². The molecule has 9 nitrogen and oxygen atoms in total. The molecule has 0 radical (unpaired) electrons. The fourth-order valence-electron chi connectivity index (χ4n) is 4.15. The van der Waals surface area contributed by atoms with Crippen molar-refractivity contribution < 1.29 is 27.5 Å². The number of hydrogen-bond donors (Lipinski definition) is 1. The maximum atomic E-state index is 13.3. The summed E-state index contributed by atoms with van der Waals surface area (Å²) >= 11 is 1.48. The summed E-state index contributed by atoms with van der Waals surface area (Å²) in [4.78, 5) is 28.6. The van der Waals surface area contributed by atoms with Crippen molar-refractivity contribution in [1.29, 1.82) is 0 Å². The molecule has 2 aromatic rings. The largest absolute Gasteiger partial charge is 0.497 e. The third kappa shape index (κ3) is 5.26. The van der Waals surface area contributed by atoms with Gasteiger partial charge in [0.2, 0.25) is 21.8 Å². The fraction of sp³-hybridized carbons (Fsp3) is 0.417. The standard InChI is InChI=1S/C24H29N3O6S2/c1-16-15-34-22-9-7-18(35(30,31)26-10-4-5-11-26)13-20(22)27(24(16)29)14-23(28)25-19-12-17(32-2)6-8-21(19)33-3/h6-9,12-13,16H,4-5,10-11,14-15H2,1-3H3,(H,25,28). The minimum absolute atomic E-state index is 0.126. The van der Waals surface area contributed by atoms with Gasteiger partial charge in [0.25, 0.3) is 0 Å². The number of nitrogens with zero attached hydrogens (tertiary/aromatic N) is 2. The van der Waals surface area contributed by atoms with Crippen LogP contribution < -0.4 is 19.7 Å². The Morgan fingerprint density at radius 2 is 1.86 bits per heavy atom. The minimum atomic E-state index is -3.68. The smallest absolute Gasteiger partial charge is 0.244 e. The highest BCUT2D eigenvalue weighted by Crippen LogP contribution is 2.38. The lowest BCUT2D eigenvalue weighted by Gasteiger charge is -2.25. The van der Waals surface area contributed by atoms with E-state index < -0.39 is 15.9 Å². The lowest BCUT2D eigenvalue weighted by atomic mass is 10.1. The van der Waals surface area contributed by atoms with E-state index in [4.69, 9.17) is 9.47 Å². The third-order valence-corrected chi connectivity index (χ3v) is 9.30. The molecular weight excluding hydrogens is 490 g/mol. The predicted molar refractivity (Wildman–Crippen MR) is 135 cm³/mol. The summed E-state index contributed by atoms with van der Waals surface area (Å²) < 4.78 is 38.4. The maximum absolute atomic E-state index is 13.3. The van der Waals surface area contributed by atoms with Crippen LogP contribution in [0.4, 0.5) is 11.4 Å². The molecule has 0 bridgehead atoms. The molecule has 2 aromatic carbocycles. The van der Waals surface area contributed by atoms with E-state index in [-0.39, 0.29) is 23.3 Å². The number of nitrogens with one attached hydrogen (secondary N) is 1. The Labute approximate surface area is 209 Å². The molecule has 35 heavy (non-hydrogen) atoms. The number of fused-ring (bicyclic) bond motifs is 1. The molecule has 1 unspecified atom stereocenters. The number of ether oxygens (including phenoxy) is 2. The Kier molecular flexibility index (Phi) is 7.58. The number of benzene rings is 2. The zero-order chi connectivity index (χ0) is 25.2. The second kappa shape index (κ2) is 10.5. The van der Waals surface area contributed by atoms with E-state index in [1.54, 1.807) is 37.3 Å².